The molecule has 3 N–H and O–H groups in total. The van der Waals surface area contributed by atoms with Crippen LogP contribution in [-0.2, 0) is 9.59 Å². The van der Waals surface area contributed by atoms with Crippen molar-refractivity contribution in [2.45, 2.75) is 6.42 Å². The molecule has 0 fully saturated rings. The van der Waals surface area contributed by atoms with Gasteiger partial charge in [0.05, 0.1) is 6.21 Å². The van der Waals surface area contributed by atoms with Gasteiger partial charge in [0.25, 0.3) is 0 Å². The van der Waals surface area contributed by atoms with E-state index in [9.17, 15) is 19.1 Å². The molecule has 0 heterocycles. The molecule has 0 aliphatic heterocycles. The molecule has 2 aromatic rings. The highest BCUT2D eigenvalue weighted by atomic mass is 35.5. The highest BCUT2D eigenvalue weighted by molar-refractivity contribution is 6.30. The normalized spacial score (nSPS) is 10.6. The van der Waals surface area contributed by atoms with Crippen LogP contribution >= 0.6 is 11.6 Å². The average molecular weight is 350 g/mol. The predicted octanol–water partition coefficient (Wildman–Crippen LogP) is 2.66. The number of carbonyl (C=O) groups is 2. The molecule has 6 nitrogen and oxygen atoms in total. The number of hydrogen-bond acceptors (Lipinski definition) is 4. The van der Waals surface area contributed by atoms with E-state index in [1.807, 2.05) is 0 Å². The largest absolute Gasteiger partial charge is 0.507 e. The summed E-state index contributed by atoms with van der Waals surface area (Å²) in [5.74, 6) is -1.69. The first kappa shape index (κ1) is 17.4. The maximum Gasteiger partial charge on any atom is 0.249 e. The number of benzene rings is 2. The van der Waals surface area contributed by atoms with Crippen molar-refractivity contribution in [1.82, 2.24) is 5.43 Å². The molecule has 124 valence electrons. The number of nitrogens with zero attached hydrogens (tertiary/aromatic N) is 1. The van der Waals surface area contributed by atoms with Gasteiger partial charge in [-0.3, -0.25) is 9.59 Å². The number of amides is 2. The number of rotatable bonds is 5. The molecular formula is C16H13ClFN3O3. The predicted molar refractivity (Wildman–Crippen MR) is 88.5 cm³/mol. The molecule has 0 radical (unpaired) electrons. The van der Waals surface area contributed by atoms with E-state index in [4.69, 9.17) is 11.6 Å². The molecule has 0 saturated heterocycles. The summed E-state index contributed by atoms with van der Waals surface area (Å²) in [7, 11) is 0. The van der Waals surface area contributed by atoms with Crippen molar-refractivity contribution in [3.8, 4) is 5.75 Å². The molecule has 2 amide bonds. The highest BCUT2D eigenvalue weighted by Gasteiger charge is 2.09. The van der Waals surface area contributed by atoms with Crippen LogP contribution in [0.3, 0.4) is 0 Å². The topological polar surface area (TPSA) is 90.8 Å². The van der Waals surface area contributed by atoms with Gasteiger partial charge in [-0.2, -0.15) is 5.10 Å². The van der Waals surface area contributed by atoms with Gasteiger partial charge in [0, 0.05) is 16.3 Å². The van der Waals surface area contributed by atoms with Crippen LogP contribution in [0.4, 0.5) is 10.1 Å². The van der Waals surface area contributed by atoms with E-state index in [2.05, 4.69) is 15.8 Å². The molecule has 0 saturated carbocycles. The molecule has 0 spiro atoms. The first-order valence-electron chi connectivity index (χ1n) is 6.80. The van der Waals surface area contributed by atoms with Gasteiger partial charge in [-0.15, -0.1) is 0 Å². The summed E-state index contributed by atoms with van der Waals surface area (Å²) in [6, 6.07) is 9.51. The monoisotopic (exact) mass is 349 g/mol. The van der Waals surface area contributed by atoms with Gasteiger partial charge in [0.2, 0.25) is 11.8 Å². The van der Waals surface area contributed by atoms with Crippen LogP contribution in [0.15, 0.2) is 47.6 Å². The lowest BCUT2D eigenvalue weighted by Crippen LogP contribution is -2.24. The van der Waals surface area contributed by atoms with Crippen LogP contribution in [0, 0.1) is 5.82 Å². The van der Waals surface area contributed by atoms with E-state index in [0.717, 1.165) is 0 Å². The lowest BCUT2D eigenvalue weighted by molar-refractivity contribution is -0.126. The maximum absolute atomic E-state index is 12.7. The zero-order valence-corrected chi connectivity index (χ0v) is 13.0. The summed E-state index contributed by atoms with van der Waals surface area (Å²) >= 11 is 5.78. The lowest BCUT2D eigenvalue weighted by atomic mass is 10.2. The van der Waals surface area contributed by atoms with Crippen LogP contribution in [0.1, 0.15) is 12.0 Å². The van der Waals surface area contributed by atoms with Gasteiger partial charge in [-0.25, -0.2) is 9.82 Å². The first-order chi connectivity index (χ1) is 11.4. The highest BCUT2D eigenvalue weighted by Crippen LogP contribution is 2.19. The Balaban J connectivity index is 1.84. The van der Waals surface area contributed by atoms with Gasteiger partial charge < -0.3 is 10.4 Å². The fraction of sp³-hybridized carbons (Fsp3) is 0.0625. The summed E-state index contributed by atoms with van der Waals surface area (Å²) in [6.07, 6.45) is 0.743. The number of anilines is 1. The molecule has 8 heteroatoms. The van der Waals surface area contributed by atoms with Crippen molar-refractivity contribution >= 4 is 35.3 Å². The Morgan fingerprint density at radius 2 is 1.88 bits per heavy atom. The molecule has 0 unspecified atom stereocenters. The Kier molecular flexibility index (Phi) is 5.86. The molecule has 0 atom stereocenters. The second kappa shape index (κ2) is 8.07. The van der Waals surface area contributed by atoms with Crippen LogP contribution in [0.25, 0.3) is 0 Å². The van der Waals surface area contributed by atoms with Crippen LogP contribution < -0.4 is 10.7 Å². The Bertz CT molecular complexity index is 779. The molecule has 0 bridgehead atoms. The van der Waals surface area contributed by atoms with E-state index < -0.39 is 24.1 Å². The minimum absolute atomic E-state index is 0.0496. The van der Waals surface area contributed by atoms with Crippen LogP contribution in [0.2, 0.25) is 5.02 Å². The standard InChI is InChI=1S/C16H13ClFN3O3/c17-11-1-6-14(22)10(7-11)9-19-21-16(24)8-15(23)20-13-4-2-12(18)3-5-13/h1-7,9,22H,8H2,(H,20,23)(H,21,24)/b19-9+. The summed E-state index contributed by atoms with van der Waals surface area (Å²) in [4.78, 5) is 23.3. The molecule has 0 aliphatic carbocycles. The maximum atomic E-state index is 12.7. The van der Waals surface area contributed by atoms with Crippen molar-refractivity contribution in [3.63, 3.8) is 0 Å². The zero-order valence-electron chi connectivity index (χ0n) is 12.3. The van der Waals surface area contributed by atoms with E-state index in [1.165, 1.54) is 48.7 Å². The number of phenols is 1. The number of hydrogen-bond donors (Lipinski definition) is 3. The minimum Gasteiger partial charge on any atom is -0.507 e. The third-order valence-corrected chi connectivity index (χ3v) is 3.07. The molecule has 0 aromatic heterocycles. The first-order valence-corrected chi connectivity index (χ1v) is 7.17. The summed E-state index contributed by atoms with van der Waals surface area (Å²) in [5, 5.41) is 16.1. The van der Waals surface area contributed by atoms with Crippen molar-refractivity contribution in [2.24, 2.45) is 5.10 Å². The molecular weight excluding hydrogens is 337 g/mol. The van der Waals surface area contributed by atoms with Gasteiger partial charge in [0.15, 0.2) is 0 Å². The number of hydrazone groups is 1. The quantitative estimate of drug-likeness (QED) is 0.440. The van der Waals surface area contributed by atoms with Crippen molar-refractivity contribution in [1.29, 1.82) is 0 Å². The van der Waals surface area contributed by atoms with Crippen molar-refractivity contribution in [2.75, 3.05) is 5.32 Å². The summed E-state index contributed by atoms with van der Waals surface area (Å²) < 4.78 is 12.7. The zero-order chi connectivity index (χ0) is 17.5. The van der Waals surface area contributed by atoms with Gasteiger partial charge >= 0.3 is 0 Å². The number of nitrogens with one attached hydrogen (secondary N) is 2. The number of aromatic hydroxyl groups is 1. The third kappa shape index (κ3) is 5.36. The molecule has 0 aliphatic rings. The van der Waals surface area contributed by atoms with E-state index in [1.54, 1.807) is 0 Å². The SMILES string of the molecule is O=C(CC(=O)Nc1ccc(F)cc1)N/N=C/c1cc(Cl)ccc1O. The molecule has 24 heavy (non-hydrogen) atoms. The fourth-order valence-electron chi connectivity index (χ4n) is 1.73. The Hall–Kier alpha value is -2.93. The minimum atomic E-state index is -0.646. The van der Waals surface area contributed by atoms with Crippen LogP contribution in [-0.4, -0.2) is 23.1 Å². The Morgan fingerprint density at radius 3 is 2.58 bits per heavy atom. The van der Waals surface area contributed by atoms with Crippen LogP contribution in [0.5, 0.6) is 5.75 Å². The second-order valence-electron chi connectivity index (χ2n) is 4.73. The van der Waals surface area contributed by atoms with E-state index in [0.29, 0.717) is 16.3 Å². The summed E-state index contributed by atoms with van der Waals surface area (Å²) in [5.41, 5.74) is 2.85. The van der Waals surface area contributed by atoms with Gasteiger partial charge in [-0.1, -0.05) is 11.6 Å². The molecule has 2 rings (SSSR count). The second-order valence-corrected chi connectivity index (χ2v) is 5.16. The fourth-order valence-corrected chi connectivity index (χ4v) is 1.91. The van der Waals surface area contributed by atoms with Gasteiger partial charge in [0.1, 0.15) is 18.0 Å². The van der Waals surface area contributed by atoms with Crippen molar-refractivity contribution in [3.05, 3.63) is 58.9 Å². The number of halogens is 2. The van der Waals surface area contributed by atoms with Crippen molar-refractivity contribution < 1.29 is 19.1 Å². The number of phenolic OH excluding ortho intramolecular Hbond substituents is 1. The van der Waals surface area contributed by atoms with E-state index >= 15 is 0 Å². The lowest BCUT2D eigenvalue weighted by Gasteiger charge is -2.04. The summed E-state index contributed by atoms with van der Waals surface area (Å²) in [6.45, 7) is 0. The third-order valence-electron chi connectivity index (χ3n) is 2.83. The number of carbonyl (C=O) groups excluding carboxylic acids is 2. The molecule has 2 aromatic carbocycles. The Morgan fingerprint density at radius 1 is 1.17 bits per heavy atom. The average Bonchev–Trinajstić information content (AvgIpc) is 2.53. The van der Waals surface area contributed by atoms with E-state index in [-0.39, 0.29) is 5.75 Å². The Labute approximate surface area is 141 Å². The smallest absolute Gasteiger partial charge is 0.249 e. The van der Waals surface area contributed by atoms with Gasteiger partial charge in [-0.05, 0) is 42.5 Å².